The molecule has 0 radical (unpaired) electrons. The van der Waals surface area contributed by atoms with Crippen LogP contribution in [-0.4, -0.2) is 21.6 Å². The van der Waals surface area contributed by atoms with Crippen LogP contribution in [0.3, 0.4) is 0 Å². The van der Waals surface area contributed by atoms with Crippen LogP contribution in [0.15, 0.2) is 53.4 Å². The molecule has 2 aliphatic heterocycles. The van der Waals surface area contributed by atoms with Gasteiger partial charge in [0.15, 0.2) is 0 Å². The van der Waals surface area contributed by atoms with Crippen LogP contribution in [0.1, 0.15) is 49.3 Å². The van der Waals surface area contributed by atoms with Gasteiger partial charge in [-0.3, -0.25) is 4.18 Å². The van der Waals surface area contributed by atoms with Crippen LogP contribution in [-0.2, 0) is 31.1 Å². The number of fused-ring (bicyclic) bond motifs is 3. The molecule has 5 rings (SSSR count). The van der Waals surface area contributed by atoms with Crippen molar-refractivity contribution in [3.8, 4) is 0 Å². The highest BCUT2D eigenvalue weighted by Gasteiger charge is 2.51. The predicted octanol–water partition coefficient (Wildman–Crippen LogP) is 4.75. The minimum absolute atomic E-state index is 0.189. The molecule has 0 unspecified atom stereocenters. The molecule has 1 saturated carbocycles. The second-order valence-electron chi connectivity index (χ2n) is 8.36. The molecule has 0 amide bonds. The summed E-state index contributed by atoms with van der Waals surface area (Å²) in [5.74, 6) is 0. The maximum Gasteiger partial charge on any atom is 0.296 e. The van der Waals surface area contributed by atoms with Gasteiger partial charge in [0.25, 0.3) is 10.1 Å². The Labute approximate surface area is 168 Å². The Kier molecular flexibility index (Phi) is 5.10. The van der Waals surface area contributed by atoms with E-state index in [1.165, 1.54) is 11.1 Å². The zero-order valence-corrected chi connectivity index (χ0v) is 17.4. The first-order valence-corrected chi connectivity index (χ1v) is 11.5. The van der Waals surface area contributed by atoms with E-state index in [4.69, 9.17) is 8.92 Å². The van der Waals surface area contributed by atoms with Gasteiger partial charge in [-0.15, -0.1) is 0 Å². The van der Waals surface area contributed by atoms with Crippen molar-refractivity contribution in [2.24, 2.45) is 5.41 Å². The van der Waals surface area contributed by atoms with Crippen molar-refractivity contribution in [2.45, 2.75) is 56.4 Å². The van der Waals surface area contributed by atoms with Crippen molar-refractivity contribution in [2.75, 3.05) is 13.2 Å². The summed E-state index contributed by atoms with van der Waals surface area (Å²) in [7, 11) is -3.74. The molecule has 1 aliphatic carbocycles. The molecule has 4 nitrogen and oxygen atoms in total. The van der Waals surface area contributed by atoms with Crippen LogP contribution in [0.25, 0.3) is 0 Å². The third-order valence-corrected chi connectivity index (χ3v) is 7.77. The Balaban J connectivity index is 1.43. The van der Waals surface area contributed by atoms with E-state index in [-0.39, 0.29) is 22.5 Å². The first-order valence-electron chi connectivity index (χ1n) is 10.1. The fourth-order valence-electron chi connectivity index (χ4n) is 4.34. The molecule has 2 aromatic carbocycles. The maximum absolute atomic E-state index is 12.5. The largest absolute Gasteiger partial charge is 0.370 e. The van der Waals surface area contributed by atoms with E-state index in [2.05, 4.69) is 31.2 Å². The Hall–Kier alpha value is -1.69. The van der Waals surface area contributed by atoms with Crippen molar-refractivity contribution >= 4 is 10.1 Å². The summed E-state index contributed by atoms with van der Waals surface area (Å²) in [6.07, 6.45) is 4.70. The molecule has 2 aromatic rings. The maximum atomic E-state index is 12.5. The SMILES string of the molecule is CCc1ccc(C23CCC(COS(=O)(=O)c4ccc(C)cc4)(CC2)CO3)cc1. The summed E-state index contributed by atoms with van der Waals surface area (Å²) in [5.41, 5.74) is 3.17. The summed E-state index contributed by atoms with van der Waals surface area (Å²) in [6.45, 7) is 4.82. The van der Waals surface area contributed by atoms with Crippen LogP contribution in [0.5, 0.6) is 0 Å². The highest BCUT2D eigenvalue weighted by Crippen LogP contribution is 2.53. The standard InChI is InChI=1S/C23H28O4S/c1-3-19-6-8-20(9-7-19)23-14-12-22(13-15-23,16-26-23)17-27-28(24,25)21-10-4-18(2)5-11-21/h4-11H,3,12-17H2,1-2H3. The summed E-state index contributed by atoms with van der Waals surface area (Å²) in [6, 6.07) is 15.5. The van der Waals surface area contributed by atoms with Gasteiger partial charge in [-0.25, -0.2) is 0 Å². The lowest BCUT2D eigenvalue weighted by atomic mass is 9.64. The zero-order chi connectivity index (χ0) is 19.8. The Bertz CT molecular complexity index is 905. The van der Waals surface area contributed by atoms with Crippen LogP contribution in [0, 0.1) is 12.3 Å². The van der Waals surface area contributed by atoms with Gasteiger partial charge in [0.1, 0.15) is 0 Å². The number of rotatable bonds is 6. The fourth-order valence-corrected chi connectivity index (χ4v) is 5.35. The van der Waals surface area contributed by atoms with E-state index in [0.717, 1.165) is 37.7 Å². The molecule has 0 atom stereocenters. The smallest absolute Gasteiger partial charge is 0.296 e. The quantitative estimate of drug-likeness (QED) is 0.657. The second kappa shape index (κ2) is 7.29. The van der Waals surface area contributed by atoms with E-state index in [0.29, 0.717) is 6.61 Å². The molecule has 28 heavy (non-hydrogen) atoms. The van der Waals surface area contributed by atoms with Gasteiger partial charge < -0.3 is 4.74 Å². The molecule has 2 bridgehead atoms. The van der Waals surface area contributed by atoms with Gasteiger partial charge in [0, 0.05) is 5.41 Å². The van der Waals surface area contributed by atoms with Crippen LogP contribution < -0.4 is 0 Å². The lowest BCUT2D eigenvalue weighted by molar-refractivity contribution is -0.197. The van der Waals surface area contributed by atoms with Gasteiger partial charge >= 0.3 is 0 Å². The monoisotopic (exact) mass is 400 g/mol. The van der Waals surface area contributed by atoms with Crippen LogP contribution >= 0.6 is 0 Å². The Morgan fingerprint density at radius 1 is 0.964 bits per heavy atom. The average Bonchev–Trinajstić information content (AvgIpc) is 2.74. The van der Waals surface area contributed by atoms with Crippen LogP contribution in [0.4, 0.5) is 0 Å². The minimum Gasteiger partial charge on any atom is -0.370 e. The number of aryl methyl sites for hydroxylation is 2. The Morgan fingerprint density at radius 3 is 2.14 bits per heavy atom. The normalized spacial score (nSPS) is 27.1. The van der Waals surface area contributed by atoms with Gasteiger partial charge in [0.05, 0.1) is 23.7 Å². The second-order valence-corrected chi connectivity index (χ2v) is 9.98. The predicted molar refractivity (Wildman–Crippen MR) is 109 cm³/mol. The summed E-state index contributed by atoms with van der Waals surface area (Å²) >= 11 is 0. The van der Waals surface area contributed by atoms with E-state index in [9.17, 15) is 8.42 Å². The molecule has 3 aliphatic rings. The molecule has 0 spiro atoms. The molecule has 3 fully saturated rings. The topological polar surface area (TPSA) is 52.6 Å². The molecule has 2 heterocycles. The Morgan fingerprint density at radius 2 is 1.61 bits per heavy atom. The van der Waals surface area contributed by atoms with E-state index in [1.807, 2.05) is 6.92 Å². The first kappa shape index (κ1) is 19.6. The van der Waals surface area contributed by atoms with Crippen molar-refractivity contribution in [3.63, 3.8) is 0 Å². The zero-order valence-electron chi connectivity index (χ0n) is 16.6. The van der Waals surface area contributed by atoms with Gasteiger partial charge in [-0.05, 0) is 62.3 Å². The van der Waals surface area contributed by atoms with E-state index >= 15 is 0 Å². The number of benzene rings is 2. The number of hydrogen-bond acceptors (Lipinski definition) is 4. The minimum atomic E-state index is -3.74. The van der Waals surface area contributed by atoms with Gasteiger partial charge in [0.2, 0.25) is 0 Å². The van der Waals surface area contributed by atoms with Crippen molar-refractivity contribution in [1.29, 1.82) is 0 Å². The van der Waals surface area contributed by atoms with E-state index < -0.39 is 10.1 Å². The highest BCUT2D eigenvalue weighted by atomic mass is 32.2. The van der Waals surface area contributed by atoms with Crippen LogP contribution in [0.2, 0.25) is 0 Å². The molecule has 5 heteroatoms. The third-order valence-electron chi connectivity index (χ3n) is 6.49. The molecular formula is C23H28O4S. The summed E-state index contributed by atoms with van der Waals surface area (Å²) in [4.78, 5) is 0.215. The van der Waals surface area contributed by atoms with Crippen molar-refractivity contribution in [1.82, 2.24) is 0 Å². The van der Waals surface area contributed by atoms with Crippen molar-refractivity contribution in [3.05, 3.63) is 65.2 Å². The summed E-state index contributed by atoms with van der Waals surface area (Å²) < 4.78 is 36.9. The summed E-state index contributed by atoms with van der Waals surface area (Å²) in [5, 5.41) is 0. The first-order chi connectivity index (χ1) is 13.4. The molecular weight excluding hydrogens is 372 g/mol. The number of hydrogen-bond donors (Lipinski definition) is 0. The third kappa shape index (κ3) is 3.63. The van der Waals surface area contributed by atoms with Gasteiger partial charge in [-0.1, -0.05) is 48.9 Å². The molecule has 0 N–H and O–H groups in total. The van der Waals surface area contributed by atoms with Crippen molar-refractivity contribution < 1.29 is 17.3 Å². The highest BCUT2D eigenvalue weighted by molar-refractivity contribution is 7.86. The lowest BCUT2D eigenvalue weighted by Gasteiger charge is -2.53. The molecule has 2 saturated heterocycles. The molecule has 150 valence electrons. The molecule has 0 aromatic heterocycles. The van der Waals surface area contributed by atoms with Gasteiger partial charge in [-0.2, -0.15) is 8.42 Å². The fraction of sp³-hybridized carbons (Fsp3) is 0.478. The lowest BCUT2D eigenvalue weighted by Crippen LogP contribution is -2.51. The number of ether oxygens (including phenoxy) is 1. The van der Waals surface area contributed by atoms with E-state index in [1.54, 1.807) is 24.3 Å². The average molecular weight is 401 g/mol.